The Bertz CT molecular complexity index is 764. The molecule has 2 aromatic carbocycles. The van der Waals surface area contributed by atoms with E-state index < -0.39 is 0 Å². The van der Waals surface area contributed by atoms with Crippen LogP contribution in [0.15, 0.2) is 42.5 Å². The van der Waals surface area contributed by atoms with Crippen LogP contribution >= 0.6 is 35.4 Å². The van der Waals surface area contributed by atoms with Crippen LogP contribution in [0.3, 0.4) is 0 Å². The summed E-state index contributed by atoms with van der Waals surface area (Å²) < 4.78 is 5.59. The molecule has 0 saturated carbocycles. The number of benzene rings is 2. The molecular formula is C18H18Cl2N2O2S. The van der Waals surface area contributed by atoms with Gasteiger partial charge in [-0.25, -0.2) is 0 Å². The molecule has 0 unspecified atom stereocenters. The summed E-state index contributed by atoms with van der Waals surface area (Å²) in [6, 6.07) is 11.9. The Kier molecular flexibility index (Phi) is 7.05. The lowest BCUT2D eigenvalue weighted by atomic mass is 10.2. The summed E-state index contributed by atoms with van der Waals surface area (Å²) in [5.74, 6) is 0.850. The smallest absolute Gasteiger partial charge is 0.257 e. The first-order chi connectivity index (χ1) is 11.8. The van der Waals surface area contributed by atoms with Gasteiger partial charge in [-0.05, 0) is 60.6 Å². The number of nitrogens with one attached hydrogen (secondary N) is 2. The lowest BCUT2D eigenvalue weighted by Gasteiger charge is -2.11. The van der Waals surface area contributed by atoms with Crippen molar-refractivity contribution >= 4 is 52.1 Å². The molecule has 7 heteroatoms. The molecule has 4 nitrogen and oxygen atoms in total. The Morgan fingerprint density at radius 3 is 2.40 bits per heavy atom. The van der Waals surface area contributed by atoms with E-state index in [-0.39, 0.29) is 11.0 Å². The molecule has 0 bridgehead atoms. The summed E-state index contributed by atoms with van der Waals surface area (Å²) in [6.45, 7) is 4.77. The molecule has 2 rings (SSSR count). The molecular weight excluding hydrogens is 379 g/mol. The Balaban J connectivity index is 1.92. The van der Waals surface area contributed by atoms with E-state index in [2.05, 4.69) is 24.5 Å². The Morgan fingerprint density at radius 2 is 1.80 bits per heavy atom. The van der Waals surface area contributed by atoms with E-state index in [0.717, 1.165) is 5.75 Å². The minimum absolute atomic E-state index is 0.170. The molecule has 0 fully saturated rings. The van der Waals surface area contributed by atoms with Crippen LogP contribution in [0, 0.1) is 5.92 Å². The van der Waals surface area contributed by atoms with Gasteiger partial charge in [0.1, 0.15) is 5.75 Å². The van der Waals surface area contributed by atoms with E-state index >= 15 is 0 Å². The zero-order valence-electron chi connectivity index (χ0n) is 13.8. The third-order valence-corrected chi connectivity index (χ3v) is 4.05. The number of halogens is 2. The predicted molar refractivity (Wildman–Crippen MR) is 107 cm³/mol. The highest BCUT2D eigenvalue weighted by Gasteiger charge is 2.09. The van der Waals surface area contributed by atoms with Crippen molar-refractivity contribution < 1.29 is 9.53 Å². The van der Waals surface area contributed by atoms with E-state index in [1.165, 1.54) is 0 Å². The quantitative estimate of drug-likeness (QED) is 0.685. The van der Waals surface area contributed by atoms with Crippen molar-refractivity contribution in [3.05, 3.63) is 58.1 Å². The Hall–Kier alpha value is -1.82. The lowest BCUT2D eigenvalue weighted by Crippen LogP contribution is -2.34. The van der Waals surface area contributed by atoms with Gasteiger partial charge in [-0.3, -0.25) is 10.1 Å². The average Bonchev–Trinajstić information content (AvgIpc) is 2.56. The van der Waals surface area contributed by atoms with Crippen molar-refractivity contribution in [2.45, 2.75) is 13.8 Å². The second-order valence-corrected chi connectivity index (χ2v) is 6.99. The van der Waals surface area contributed by atoms with Crippen LogP contribution in [0.4, 0.5) is 5.69 Å². The standard InChI is InChI=1S/C18H18Cl2N2O2S/c1-11(2)10-24-14-6-3-12(4-7-14)17(23)22-18(25)21-13-5-8-15(19)16(20)9-13/h3-9,11H,10H2,1-2H3,(H2,21,22,23,25). The molecule has 2 N–H and O–H groups in total. The van der Waals surface area contributed by atoms with Gasteiger partial charge in [-0.15, -0.1) is 0 Å². The fourth-order valence-corrected chi connectivity index (χ4v) is 2.39. The number of carbonyl (C=O) groups is 1. The molecule has 0 aliphatic heterocycles. The van der Waals surface area contributed by atoms with Crippen molar-refractivity contribution in [3.8, 4) is 5.75 Å². The number of hydrogen-bond acceptors (Lipinski definition) is 3. The Labute approximate surface area is 162 Å². The van der Waals surface area contributed by atoms with Gasteiger partial charge in [0.25, 0.3) is 5.91 Å². The van der Waals surface area contributed by atoms with Crippen molar-refractivity contribution in [2.24, 2.45) is 5.92 Å². The van der Waals surface area contributed by atoms with Gasteiger partial charge in [0.2, 0.25) is 0 Å². The van der Waals surface area contributed by atoms with Gasteiger partial charge >= 0.3 is 0 Å². The highest BCUT2D eigenvalue weighted by molar-refractivity contribution is 7.80. The average molecular weight is 397 g/mol. The maximum absolute atomic E-state index is 12.2. The molecule has 2 aromatic rings. The van der Waals surface area contributed by atoms with Crippen LogP contribution in [-0.2, 0) is 0 Å². The summed E-state index contributed by atoms with van der Waals surface area (Å²) in [5.41, 5.74) is 1.12. The summed E-state index contributed by atoms with van der Waals surface area (Å²) in [7, 11) is 0. The molecule has 0 saturated heterocycles. The van der Waals surface area contributed by atoms with E-state index in [1.54, 1.807) is 42.5 Å². The normalized spacial score (nSPS) is 10.4. The summed E-state index contributed by atoms with van der Waals surface area (Å²) in [5, 5.41) is 6.52. The number of ether oxygens (including phenoxy) is 1. The number of amides is 1. The fraction of sp³-hybridized carbons (Fsp3) is 0.222. The molecule has 0 aliphatic rings. The van der Waals surface area contributed by atoms with E-state index in [1.807, 2.05) is 0 Å². The van der Waals surface area contributed by atoms with Crippen molar-refractivity contribution in [1.82, 2.24) is 5.32 Å². The van der Waals surface area contributed by atoms with Crippen molar-refractivity contribution in [1.29, 1.82) is 0 Å². The van der Waals surface area contributed by atoms with Crippen molar-refractivity contribution in [2.75, 3.05) is 11.9 Å². The number of hydrogen-bond donors (Lipinski definition) is 2. The molecule has 0 heterocycles. The zero-order chi connectivity index (χ0) is 18.4. The highest BCUT2D eigenvalue weighted by Crippen LogP contribution is 2.24. The van der Waals surface area contributed by atoms with Crippen LogP contribution in [0.1, 0.15) is 24.2 Å². The molecule has 25 heavy (non-hydrogen) atoms. The zero-order valence-corrected chi connectivity index (χ0v) is 16.1. The molecule has 0 spiro atoms. The van der Waals surface area contributed by atoms with Crippen molar-refractivity contribution in [3.63, 3.8) is 0 Å². The van der Waals surface area contributed by atoms with E-state index in [9.17, 15) is 4.79 Å². The lowest BCUT2D eigenvalue weighted by molar-refractivity contribution is 0.0977. The van der Waals surface area contributed by atoms with Gasteiger partial charge < -0.3 is 10.1 Å². The minimum atomic E-state index is -0.312. The van der Waals surface area contributed by atoms with Crippen LogP contribution in [0.25, 0.3) is 0 Å². The van der Waals surface area contributed by atoms with Gasteiger partial charge in [0, 0.05) is 11.3 Å². The Morgan fingerprint density at radius 1 is 1.12 bits per heavy atom. The molecule has 0 aromatic heterocycles. The first-order valence-corrected chi connectivity index (χ1v) is 8.82. The second kappa shape index (κ2) is 9.04. The molecule has 0 radical (unpaired) electrons. The number of anilines is 1. The maximum atomic E-state index is 12.2. The maximum Gasteiger partial charge on any atom is 0.257 e. The first kappa shape index (κ1) is 19.5. The van der Waals surface area contributed by atoms with Gasteiger partial charge in [-0.1, -0.05) is 37.0 Å². The molecule has 132 valence electrons. The predicted octanol–water partition coefficient (Wildman–Crippen LogP) is 5.16. The number of carbonyl (C=O) groups excluding carboxylic acids is 1. The topological polar surface area (TPSA) is 50.4 Å². The minimum Gasteiger partial charge on any atom is -0.493 e. The van der Waals surface area contributed by atoms with Gasteiger partial charge in [0.15, 0.2) is 5.11 Å². The van der Waals surface area contributed by atoms with Crippen LogP contribution in [0.5, 0.6) is 5.75 Å². The van der Waals surface area contributed by atoms with Crippen LogP contribution < -0.4 is 15.4 Å². The third-order valence-electron chi connectivity index (χ3n) is 3.10. The first-order valence-electron chi connectivity index (χ1n) is 7.65. The molecule has 0 atom stereocenters. The van der Waals surface area contributed by atoms with E-state index in [0.29, 0.717) is 33.8 Å². The number of thiocarbonyl (C=S) groups is 1. The van der Waals surface area contributed by atoms with Gasteiger partial charge in [0.05, 0.1) is 16.7 Å². The summed E-state index contributed by atoms with van der Waals surface area (Å²) >= 11 is 16.9. The second-order valence-electron chi connectivity index (χ2n) is 5.77. The molecule has 1 amide bonds. The largest absolute Gasteiger partial charge is 0.493 e. The highest BCUT2D eigenvalue weighted by atomic mass is 35.5. The summed E-state index contributed by atoms with van der Waals surface area (Å²) in [6.07, 6.45) is 0. The van der Waals surface area contributed by atoms with Crippen LogP contribution in [-0.4, -0.2) is 17.6 Å². The van der Waals surface area contributed by atoms with Crippen LogP contribution in [0.2, 0.25) is 10.0 Å². The summed E-state index contributed by atoms with van der Waals surface area (Å²) in [4.78, 5) is 12.2. The monoisotopic (exact) mass is 396 g/mol. The van der Waals surface area contributed by atoms with E-state index in [4.69, 9.17) is 40.2 Å². The van der Waals surface area contributed by atoms with Gasteiger partial charge in [-0.2, -0.15) is 0 Å². The molecule has 0 aliphatic carbocycles. The third kappa shape index (κ3) is 6.20. The SMILES string of the molecule is CC(C)COc1ccc(C(=O)NC(=S)Nc2ccc(Cl)c(Cl)c2)cc1. The fourth-order valence-electron chi connectivity index (χ4n) is 1.88. The number of rotatable bonds is 5.